The molecule has 1 aliphatic rings. The smallest absolute Gasteiger partial charge is 0.231 e. The standard InChI is InChI=1S/C11H18N4O2/c1-2-3-12-10-7-17-6-9(10)11(16)15-8-4-13-14-5-8/h4-5,9-10,12H,2-3,6-7H2,1H3,(H,13,14)(H,15,16). The van der Waals surface area contributed by atoms with E-state index in [1.165, 1.54) is 0 Å². The normalized spacial score (nSPS) is 23.8. The number of carbonyl (C=O) groups is 1. The molecule has 1 aromatic heterocycles. The Labute approximate surface area is 100 Å². The SMILES string of the molecule is CCCNC1COCC1C(=O)Nc1cn[nH]c1. The zero-order valence-corrected chi connectivity index (χ0v) is 9.90. The number of nitrogens with zero attached hydrogens (tertiary/aromatic N) is 1. The molecule has 1 amide bonds. The molecule has 1 saturated heterocycles. The Bertz CT molecular complexity index is 352. The van der Waals surface area contributed by atoms with Crippen LogP contribution in [0.1, 0.15) is 13.3 Å². The van der Waals surface area contributed by atoms with Gasteiger partial charge in [-0.3, -0.25) is 9.89 Å². The summed E-state index contributed by atoms with van der Waals surface area (Å²) < 4.78 is 5.36. The summed E-state index contributed by atoms with van der Waals surface area (Å²) in [4.78, 5) is 12.0. The van der Waals surface area contributed by atoms with Crippen molar-refractivity contribution in [2.24, 2.45) is 5.92 Å². The van der Waals surface area contributed by atoms with Crippen molar-refractivity contribution in [3.8, 4) is 0 Å². The van der Waals surface area contributed by atoms with Gasteiger partial charge in [0.05, 0.1) is 31.0 Å². The van der Waals surface area contributed by atoms with E-state index in [1.807, 2.05) is 0 Å². The van der Waals surface area contributed by atoms with E-state index in [2.05, 4.69) is 27.8 Å². The molecule has 0 aliphatic carbocycles. The highest BCUT2D eigenvalue weighted by Crippen LogP contribution is 2.16. The Morgan fingerprint density at radius 2 is 2.53 bits per heavy atom. The molecular weight excluding hydrogens is 220 g/mol. The molecule has 6 nitrogen and oxygen atoms in total. The highest BCUT2D eigenvalue weighted by Gasteiger charge is 2.33. The van der Waals surface area contributed by atoms with Crippen LogP contribution in [-0.4, -0.2) is 41.9 Å². The van der Waals surface area contributed by atoms with Gasteiger partial charge >= 0.3 is 0 Å². The third-order valence-electron chi connectivity index (χ3n) is 2.84. The molecule has 2 atom stereocenters. The van der Waals surface area contributed by atoms with E-state index < -0.39 is 0 Å². The molecule has 6 heteroatoms. The number of amides is 1. The summed E-state index contributed by atoms with van der Waals surface area (Å²) in [5.41, 5.74) is 0.691. The lowest BCUT2D eigenvalue weighted by molar-refractivity contribution is -0.120. The Balaban J connectivity index is 1.89. The Morgan fingerprint density at radius 3 is 3.24 bits per heavy atom. The molecule has 0 radical (unpaired) electrons. The van der Waals surface area contributed by atoms with Crippen LogP contribution in [0.3, 0.4) is 0 Å². The van der Waals surface area contributed by atoms with E-state index >= 15 is 0 Å². The van der Waals surface area contributed by atoms with Crippen LogP contribution >= 0.6 is 0 Å². The number of H-pyrrole nitrogens is 1. The summed E-state index contributed by atoms with van der Waals surface area (Å²) in [5.74, 6) is -0.144. The van der Waals surface area contributed by atoms with E-state index in [-0.39, 0.29) is 17.9 Å². The minimum atomic E-state index is -0.128. The number of ether oxygens (including phenoxy) is 1. The summed E-state index contributed by atoms with van der Waals surface area (Å²) >= 11 is 0. The van der Waals surface area contributed by atoms with Gasteiger partial charge < -0.3 is 15.4 Å². The molecule has 1 aromatic rings. The lowest BCUT2D eigenvalue weighted by Crippen LogP contribution is -2.41. The van der Waals surface area contributed by atoms with Gasteiger partial charge in [-0.05, 0) is 13.0 Å². The Kier molecular flexibility index (Phi) is 4.11. The third kappa shape index (κ3) is 3.04. The van der Waals surface area contributed by atoms with Crippen LogP contribution < -0.4 is 10.6 Å². The highest BCUT2D eigenvalue weighted by atomic mass is 16.5. The second-order valence-corrected chi connectivity index (χ2v) is 4.18. The molecular formula is C11H18N4O2. The zero-order chi connectivity index (χ0) is 12.1. The van der Waals surface area contributed by atoms with Crippen LogP contribution in [-0.2, 0) is 9.53 Å². The first-order chi connectivity index (χ1) is 8.31. The number of hydrogen-bond acceptors (Lipinski definition) is 4. The van der Waals surface area contributed by atoms with Crippen LogP contribution in [0.25, 0.3) is 0 Å². The maximum Gasteiger partial charge on any atom is 0.231 e. The van der Waals surface area contributed by atoms with Crippen molar-refractivity contribution in [3.63, 3.8) is 0 Å². The Hall–Kier alpha value is -1.40. The summed E-state index contributed by atoms with van der Waals surface area (Å²) in [6, 6.07) is 0.113. The number of rotatable bonds is 5. The van der Waals surface area contributed by atoms with E-state index in [4.69, 9.17) is 4.74 Å². The highest BCUT2D eigenvalue weighted by molar-refractivity contribution is 5.93. The number of aromatic amines is 1. The maximum atomic E-state index is 12.0. The summed E-state index contributed by atoms with van der Waals surface area (Å²) in [6.45, 7) is 4.08. The van der Waals surface area contributed by atoms with Gasteiger partial charge in [-0.1, -0.05) is 6.92 Å². The molecule has 0 spiro atoms. The largest absolute Gasteiger partial charge is 0.379 e. The molecule has 94 valence electrons. The van der Waals surface area contributed by atoms with Gasteiger partial charge in [-0.15, -0.1) is 0 Å². The minimum absolute atomic E-state index is 0.0162. The lowest BCUT2D eigenvalue weighted by Gasteiger charge is -2.17. The minimum Gasteiger partial charge on any atom is -0.379 e. The van der Waals surface area contributed by atoms with Crippen molar-refractivity contribution in [2.75, 3.05) is 25.1 Å². The fraction of sp³-hybridized carbons (Fsp3) is 0.636. The van der Waals surface area contributed by atoms with Gasteiger partial charge in [0.2, 0.25) is 5.91 Å². The first-order valence-electron chi connectivity index (χ1n) is 5.92. The van der Waals surface area contributed by atoms with Crippen molar-refractivity contribution in [1.82, 2.24) is 15.5 Å². The Morgan fingerprint density at radius 1 is 1.65 bits per heavy atom. The molecule has 2 unspecified atom stereocenters. The molecule has 1 fully saturated rings. The van der Waals surface area contributed by atoms with Crippen molar-refractivity contribution < 1.29 is 9.53 Å². The van der Waals surface area contributed by atoms with Crippen molar-refractivity contribution in [2.45, 2.75) is 19.4 Å². The van der Waals surface area contributed by atoms with Crippen molar-refractivity contribution >= 4 is 11.6 Å². The van der Waals surface area contributed by atoms with Crippen LogP contribution in [0.2, 0.25) is 0 Å². The van der Waals surface area contributed by atoms with Crippen LogP contribution in [0.5, 0.6) is 0 Å². The lowest BCUT2D eigenvalue weighted by atomic mass is 10.0. The number of hydrogen-bond donors (Lipinski definition) is 3. The van der Waals surface area contributed by atoms with Gasteiger partial charge in [0.15, 0.2) is 0 Å². The molecule has 2 heterocycles. The molecule has 2 rings (SSSR count). The van der Waals surface area contributed by atoms with Gasteiger partial charge in [0, 0.05) is 12.2 Å². The molecule has 1 aliphatic heterocycles. The van der Waals surface area contributed by atoms with E-state index in [1.54, 1.807) is 12.4 Å². The van der Waals surface area contributed by atoms with E-state index in [9.17, 15) is 4.79 Å². The fourth-order valence-corrected chi connectivity index (χ4v) is 1.90. The second kappa shape index (κ2) is 5.79. The predicted molar refractivity (Wildman–Crippen MR) is 63.6 cm³/mol. The predicted octanol–water partition coefficient (Wildman–Crippen LogP) is 0.363. The topological polar surface area (TPSA) is 79.0 Å². The van der Waals surface area contributed by atoms with Gasteiger partial charge in [0.1, 0.15) is 0 Å². The van der Waals surface area contributed by atoms with Crippen LogP contribution in [0.4, 0.5) is 5.69 Å². The van der Waals surface area contributed by atoms with Gasteiger partial charge in [0.25, 0.3) is 0 Å². The van der Waals surface area contributed by atoms with Crippen LogP contribution in [0.15, 0.2) is 12.4 Å². The van der Waals surface area contributed by atoms with Crippen molar-refractivity contribution in [3.05, 3.63) is 12.4 Å². The molecule has 17 heavy (non-hydrogen) atoms. The first-order valence-corrected chi connectivity index (χ1v) is 5.92. The van der Waals surface area contributed by atoms with Crippen molar-refractivity contribution in [1.29, 1.82) is 0 Å². The summed E-state index contributed by atoms with van der Waals surface area (Å²) in [7, 11) is 0. The number of anilines is 1. The zero-order valence-electron chi connectivity index (χ0n) is 9.90. The van der Waals surface area contributed by atoms with Gasteiger partial charge in [-0.25, -0.2) is 0 Å². The second-order valence-electron chi connectivity index (χ2n) is 4.18. The third-order valence-corrected chi connectivity index (χ3v) is 2.84. The van der Waals surface area contributed by atoms with Crippen LogP contribution in [0, 0.1) is 5.92 Å². The number of carbonyl (C=O) groups excluding carboxylic acids is 1. The monoisotopic (exact) mass is 238 g/mol. The number of nitrogens with one attached hydrogen (secondary N) is 3. The molecule has 0 saturated carbocycles. The number of aromatic nitrogens is 2. The van der Waals surface area contributed by atoms with E-state index in [0.29, 0.717) is 18.9 Å². The molecule has 3 N–H and O–H groups in total. The van der Waals surface area contributed by atoms with Gasteiger partial charge in [-0.2, -0.15) is 5.10 Å². The first kappa shape index (κ1) is 12.1. The molecule has 0 bridgehead atoms. The maximum absolute atomic E-state index is 12.0. The average Bonchev–Trinajstić information content (AvgIpc) is 2.96. The summed E-state index contributed by atoms with van der Waals surface area (Å²) in [6.07, 6.45) is 4.29. The summed E-state index contributed by atoms with van der Waals surface area (Å²) in [5, 5.41) is 12.6. The van der Waals surface area contributed by atoms with E-state index in [0.717, 1.165) is 13.0 Å². The molecule has 0 aromatic carbocycles. The average molecular weight is 238 g/mol. The quantitative estimate of drug-likeness (QED) is 0.692. The fourth-order valence-electron chi connectivity index (χ4n) is 1.90.